The molecule has 1 aromatic rings. The Balaban J connectivity index is 1.96. The molecule has 0 spiro atoms. The predicted molar refractivity (Wildman–Crippen MR) is 112 cm³/mol. The maximum absolute atomic E-state index is 11.7. The largest absolute Gasteiger partial charge is 0.493 e. The van der Waals surface area contributed by atoms with Crippen molar-refractivity contribution in [3.05, 3.63) is 23.3 Å². The molecule has 0 saturated carbocycles. The van der Waals surface area contributed by atoms with Gasteiger partial charge in [0.15, 0.2) is 17.5 Å². The first kappa shape index (κ1) is 22.3. The summed E-state index contributed by atoms with van der Waals surface area (Å²) in [6.07, 6.45) is 2.86. The summed E-state index contributed by atoms with van der Waals surface area (Å²) >= 11 is 0. The molecule has 9 heteroatoms. The summed E-state index contributed by atoms with van der Waals surface area (Å²) in [5.74, 6) is 2.30. The van der Waals surface area contributed by atoms with E-state index in [2.05, 4.69) is 15.2 Å². The second kappa shape index (κ2) is 9.97. The molecule has 0 unspecified atom stereocenters. The molecule has 8 nitrogen and oxygen atoms in total. The van der Waals surface area contributed by atoms with E-state index in [1.807, 2.05) is 19.1 Å². The number of hydrogen-bond acceptors (Lipinski definition) is 5. The summed E-state index contributed by atoms with van der Waals surface area (Å²) in [6, 6.07) is 4.07. The van der Waals surface area contributed by atoms with E-state index in [9.17, 15) is 8.42 Å². The predicted octanol–water partition coefficient (Wildman–Crippen LogP) is 1.31. The van der Waals surface area contributed by atoms with Gasteiger partial charge in [0.25, 0.3) is 0 Å². The van der Waals surface area contributed by atoms with Crippen molar-refractivity contribution in [3.8, 4) is 11.5 Å². The van der Waals surface area contributed by atoms with E-state index in [4.69, 9.17) is 9.47 Å². The Morgan fingerprint density at radius 1 is 1.25 bits per heavy atom. The minimum Gasteiger partial charge on any atom is -0.493 e. The fraction of sp³-hybridized carbons (Fsp3) is 0.632. The molecule has 1 aliphatic heterocycles. The summed E-state index contributed by atoms with van der Waals surface area (Å²) in [5, 5.41) is 3.35. The Morgan fingerprint density at radius 2 is 1.89 bits per heavy atom. The highest BCUT2D eigenvalue weighted by molar-refractivity contribution is 7.88. The molecule has 1 aromatic carbocycles. The van der Waals surface area contributed by atoms with Crippen molar-refractivity contribution >= 4 is 16.0 Å². The molecule has 28 heavy (non-hydrogen) atoms. The van der Waals surface area contributed by atoms with Gasteiger partial charge >= 0.3 is 0 Å². The number of benzene rings is 1. The van der Waals surface area contributed by atoms with Crippen LogP contribution in [0, 0.1) is 0 Å². The Morgan fingerprint density at radius 3 is 2.43 bits per heavy atom. The number of ether oxygens (including phenoxy) is 2. The van der Waals surface area contributed by atoms with Crippen LogP contribution in [0.4, 0.5) is 0 Å². The van der Waals surface area contributed by atoms with Crippen LogP contribution in [0.5, 0.6) is 11.5 Å². The van der Waals surface area contributed by atoms with E-state index in [0.29, 0.717) is 19.6 Å². The highest BCUT2D eigenvalue weighted by Gasteiger charge is 2.21. The fourth-order valence-electron chi connectivity index (χ4n) is 3.41. The van der Waals surface area contributed by atoms with Crippen LogP contribution >= 0.6 is 0 Å². The summed E-state index contributed by atoms with van der Waals surface area (Å²) in [7, 11) is 1.91. The van der Waals surface area contributed by atoms with E-state index in [1.165, 1.54) is 21.7 Å². The van der Waals surface area contributed by atoms with Crippen molar-refractivity contribution in [1.82, 2.24) is 14.5 Å². The van der Waals surface area contributed by atoms with Gasteiger partial charge in [-0.1, -0.05) is 6.92 Å². The highest BCUT2D eigenvalue weighted by atomic mass is 32.2. The van der Waals surface area contributed by atoms with E-state index in [-0.39, 0.29) is 0 Å². The lowest BCUT2D eigenvalue weighted by atomic mass is 9.99. The molecule has 1 heterocycles. The maximum Gasteiger partial charge on any atom is 0.211 e. The van der Waals surface area contributed by atoms with Gasteiger partial charge in [0.05, 0.1) is 20.5 Å². The van der Waals surface area contributed by atoms with Gasteiger partial charge in [-0.05, 0) is 36.1 Å². The van der Waals surface area contributed by atoms with Crippen molar-refractivity contribution in [2.24, 2.45) is 4.99 Å². The molecular weight excluding hydrogens is 380 g/mol. The van der Waals surface area contributed by atoms with E-state index < -0.39 is 10.0 Å². The van der Waals surface area contributed by atoms with Gasteiger partial charge in [-0.3, -0.25) is 4.99 Å². The molecular formula is C19H32N4O4S. The number of hydrogen-bond donors (Lipinski definition) is 1. The number of methoxy groups -OCH3 is 2. The number of nitrogens with zero attached hydrogens (tertiary/aromatic N) is 3. The van der Waals surface area contributed by atoms with Gasteiger partial charge in [0, 0.05) is 39.8 Å². The summed E-state index contributed by atoms with van der Waals surface area (Å²) in [5.41, 5.74) is 2.46. The number of sulfonamides is 1. The second-order valence-electron chi connectivity index (χ2n) is 6.73. The van der Waals surface area contributed by atoms with Crippen LogP contribution in [0.2, 0.25) is 0 Å². The number of guanidine groups is 1. The van der Waals surface area contributed by atoms with Gasteiger partial charge in [0.2, 0.25) is 10.0 Å². The average Bonchev–Trinajstić information content (AvgIpc) is 2.68. The molecule has 0 fully saturated rings. The van der Waals surface area contributed by atoms with Crippen molar-refractivity contribution in [2.75, 3.05) is 53.7 Å². The standard InChI is InChI=1S/C19H32N4O4S/c1-6-23(28(5,24)25)10-7-9-21-19(20-2)22-11-8-15-12-17(26-3)18(27-4)13-16(15)14-22/h12-13H,6-11,14H2,1-5H3,(H,20,21). The molecule has 0 aromatic heterocycles. The zero-order valence-electron chi connectivity index (χ0n) is 17.5. The summed E-state index contributed by atoms with van der Waals surface area (Å²) < 4.78 is 35.6. The van der Waals surface area contributed by atoms with Crippen LogP contribution in [-0.4, -0.2) is 77.3 Å². The van der Waals surface area contributed by atoms with Crippen LogP contribution in [0.1, 0.15) is 24.5 Å². The normalized spacial score (nSPS) is 14.8. The third-order valence-electron chi connectivity index (χ3n) is 4.92. The first-order valence-corrected chi connectivity index (χ1v) is 11.3. The molecule has 1 N–H and O–H groups in total. The van der Waals surface area contributed by atoms with Crippen molar-refractivity contribution in [1.29, 1.82) is 0 Å². The van der Waals surface area contributed by atoms with Crippen LogP contribution in [0.15, 0.2) is 17.1 Å². The molecule has 1 aliphatic rings. The Kier molecular flexibility index (Phi) is 7.94. The minimum absolute atomic E-state index is 0.488. The Labute approximate surface area is 168 Å². The first-order valence-electron chi connectivity index (χ1n) is 9.48. The van der Waals surface area contributed by atoms with Crippen molar-refractivity contribution in [3.63, 3.8) is 0 Å². The maximum atomic E-state index is 11.7. The van der Waals surface area contributed by atoms with Crippen LogP contribution < -0.4 is 14.8 Å². The van der Waals surface area contributed by atoms with E-state index >= 15 is 0 Å². The average molecular weight is 413 g/mol. The molecule has 0 radical (unpaired) electrons. The molecule has 0 bridgehead atoms. The van der Waals surface area contributed by atoms with Crippen molar-refractivity contribution in [2.45, 2.75) is 26.3 Å². The number of aliphatic imine (C=N–C) groups is 1. The highest BCUT2D eigenvalue weighted by Crippen LogP contribution is 2.33. The zero-order valence-corrected chi connectivity index (χ0v) is 18.3. The monoisotopic (exact) mass is 412 g/mol. The first-order chi connectivity index (χ1) is 13.3. The van der Waals surface area contributed by atoms with Gasteiger partial charge in [-0.2, -0.15) is 0 Å². The molecule has 0 atom stereocenters. The SMILES string of the molecule is CCN(CCCNC(=NC)N1CCc2cc(OC)c(OC)cc2C1)S(C)(=O)=O. The van der Waals surface area contributed by atoms with Gasteiger partial charge in [-0.25, -0.2) is 12.7 Å². The van der Waals surface area contributed by atoms with Crippen molar-refractivity contribution < 1.29 is 17.9 Å². The van der Waals surface area contributed by atoms with Gasteiger partial charge in [-0.15, -0.1) is 0 Å². The molecule has 0 aliphatic carbocycles. The number of rotatable bonds is 8. The third-order valence-corrected chi connectivity index (χ3v) is 6.30. The number of nitrogens with one attached hydrogen (secondary N) is 1. The lowest BCUT2D eigenvalue weighted by Gasteiger charge is -2.32. The quantitative estimate of drug-likeness (QED) is 0.394. The Bertz CT molecular complexity index is 795. The molecule has 158 valence electrons. The fourth-order valence-corrected chi connectivity index (χ4v) is 4.34. The van der Waals surface area contributed by atoms with Crippen LogP contribution in [0.3, 0.4) is 0 Å². The van der Waals surface area contributed by atoms with E-state index in [1.54, 1.807) is 21.3 Å². The minimum atomic E-state index is -3.14. The summed E-state index contributed by atoms with van der Waals surface area (Å²) in [4.78, 5) is 6.59. The molecule has 0 amide bonds. The topological polar surface area (TPSA) is 83.5 Å². The van der Waals surface area contributed by atoms with Crippen LogP contribution in [0.25, 0.3) is 0 Å². The number of fused-ring (bicyclic) bond motifs is 1. The smallest absolute Gasteiger partial charge is 0.211 e. The zero-order chi connectivity index (χ0) is 20.7. The summed E-state index contributed by atoms with van der Waals surface area (Å²) in [6.45, 7) is 5.09. The Hall–Kier alpha value is -2.00. The van der Waals surface area contributed by atoms with E-state index in [0.717, 1.165) is 43.4 Å². The second-order valence-corrected chi connectivity index (χ2v) is 8.71. The molecule has 2 rings (SSSR count). The lowest BCUT2D eigenvalue weighted by Crippen LogP contribution is -2.44. The third kappa shape index (κ3) is 5.51. The van der Waals surface area contributed by atoms with Gasteiger partial charge in [0.1, 0.15) is 0 Å². The van der Waals surface area contributed by atoms with Gasteiger partial charge < -0.3 is 19.7 Å². The molecule has 0 saturated heterocycles. The van der Waals surface area contributed by atoms with Crippen LogP contribution in [-0.2, 0) is 23.0 Å². The lowest BCUT2D eigenvalue weighted by molar-refractivity contribution is 0.345.